The van der Waals surface area contributed by atoms with E-state index in [9.17, 15) is 4.79 Å². The zero-order valence-electron chi connectivity index (χ0n) is 13.9. The van der Waals surface area contributed by atoms with Gasteiger partial charge >= 0.3 is 6.01 Å². The second-order valence-electron chi connectivity index (χ2n) is 5.21. The molecule has 3 aromatic rings. The fraction of sp³-hybridized carbons (Fsp3) is 0.167. The summed E-state index contributed by atoms with van der Waals surface area (Å²) in [6, 6.07) is 15.2. The molecule has 1 heterocycles. The van der Waals surface area contributed by atoms with Gasteiger partial charge in [-0.3, -0.25) is 10.1 Å². The number of aromatic nitrogens is 2. The molecule has 3 rings (SSSR count). The normalized spacial score (nSPS) is 10.5. The van der Waals surface area contributed by atoms with Crippen LogP contribution < -0.4 is 10.1 Å². The second kappa shape index (κ2) is 7.85. The summed E-state index contributed by atoms with van der Waals surface area (Å²) in [5, 5.41) is 10.5. The summed E-state index contributed by atoms with van der Waals surface area (Å²) >= 11 is 1.66. The Bertz CT molecular complexity index is 845. The molecule has 1 amide bonds. The zero-order chi connectivity index (χ0) is 17.6. The van der Waals surface area contributed by atoms with Crippen molar-refractivity contribution < 1.29 is 13.9 Å². The van der Waals surface area contributed by atoms with E-state index in [-0.39, 0.29) is 18.3 Å². The fourth-order valence-corrected chi connectivity index (χ4v) is 2.62. The van der Waals surface area contributed by atoms with Crippen molar-refractivity contribution in [3.8, 4) is 17.2 Å². The van der Waals surface area contributed by atoms with Crippen LogP contribution in [-0.4, -0.2) is 29.5 Å². The predicted octanol–water partition coefficient (Wildman–Crippen LogP) is 3.65. The van der Waals surface area contributed by atoms with Crippen molar-refractivity contribution in [1.82, 2.24) is 10.2 Å². The third-order valence-corrected chi connectivity index (χ3v) is 4.28. The molecular formula is C18H17N3O3S. The number of rotatable bonds is 6. The molecule has 0 unspecified atom stereocenters. The highest BCUT2D eigenvalue weighted by atomic mass is 32.2. The molecular weight excluding hydrogens is 338 g/mol. The van der Waals surface area contributed by atoms with Crippen molar-refractivity contribution in [2.75, 3.05) is 18.7 Å². The van der Waals surface area contributed by atoms with Crippen molar-refractivity contribution in [3.63, 3.8) is 0 Å². The lowest BCUT2D eigenvalue weighted by Crippen LogP contribution is -2.14. The first-order chi connectivity index (χ1) is 12.2. The minimum absolute atomic E-state index is 0.0856. The maximum absolute atomic E-state index is 12.1. The minimum atomic E-state index is -0.224. The molecule has 2 aromatic carbocycles. The average molecular weight is 355 g/mol. The number of ether oxygens (including phenoxy) is 1. The largest absolute Gasteiger partial charge is 0.497 e. The Morgan fingerprint density at radius 3 is 2.48 bits per heavy atom. The van der Waals surface area contributed by atoms with E-state index in [1.54, 1.807) is 18.9 Å². The summed E-state index contributed by atoms with van der Waals surface area (Å²) in [6.45, 7) is 0. The Hall–Kier alpha value is -2.80. The molecule has 1 N–H and O–H groups in total. The Morgan fingerprint density at radius 2 is 1.84 bits per heavy atom. The molecule has 7 heteroatoms. The smallest absolute Gasteiger partial charge is 0.322 e. The van der Waals surface area contributed by atoms with E-state index >= 15 is 0 Å². The lowest BCUT2D eigenvalue weighted by atomic mass is 10.1. The van der Waals surface area contributed by atoms with Crippen LogP contribution in [0.5, 0.6) is 5.75 Å². The van der Waals surface area contributed by atoms with Crippen LogP contribution in [0.25, 0.3) is 11.5 Å². The van der Waals surface area contributed by atoms with E-state index < -0.39 is 0 Å². The van der Waals surface area contributed by atoms with Gasteiger partial charge in [0, 0.05) is 10.5 Å². The molecule has 0 aliphatic rings. The van der Waals surface area contributed by atoms with Crippen LogP contribution in [-0.2, 0) is 11.2 Å². The molecule has 0 radical (unpaired) electrons. The number of thioether (sulfide) groups is 1. The summed E-state index contributed by atoms with van der Waals surface area (Å²) < 4.78 is 10.6. The van der Waals surface area contributed by atoms with Crippen molar-refractivity contribution in [2.45, 2.75) is 11.3 Å². The van der Waals surface area contributed by atoms with Gasteiger partial charge in [0.1, 0.15) is 5.75 Å². The number of hydrogen-bond donors (Lipinski definition) is 1. The van der Waals surface area contributed by atoms with E-state index in [4.69, 9.17) is 9.15 Å². The van der Waals surface area contributed by atoms with Gasteiger partial charge in [-0.15, -0.1) is 16.9 Å². The summed E-state index contributed by atoms with van der Waals surface area (Å²) in [5.74, 6) is 0.892. The molecule has 0 atom stereocenters. The van der Waals surface area contributed by atoms with E-state index in [0.717, 1.165) is 21.8 Å². The summed E-state index contributed by atoms with van der Waals surface area (Å²) in [4.78, 5) is 13.2. The molecule has 128 valence electrons. The highest BCUT2D eigenvalue weighted by molar-refractivity contribution is 7.98. The summed E-state index contributed by atoms with van der Waals surface area (Å²) in [5.41, 5.74) is 1.67. The maximum atomic E-state index is 12.1. The standard InChI is InChI=1S/C18H17N3O3S/c1-23-14-7-3-12(4-8-14)11-16(22)19-18-21-20-17(24-18)13-5-9-15(25-2)10-6-13/h3-10H,11H2,1-2H3,(H,19,21,22). The number of nitrogens with zero attached hydrogens (tertiary/aromatic N) is 2. The maximum Gasteiger partial charge on any atom is 0.322 e. The van der Waals surface area contributed by atoms with E-state index in [2.05, 4.69) is 15.5 Å². The van der Waals surface area contributed by atoms with E-state index in [1.807, 2.05) is 54.8 Å². The van der Waals surface area contributed by atoms with Crippen LogP contribution >= 0.6 is 11.8 Å². The number of amides is 1. The van der Waals surface area contributed by atoms with Crippen LogP contribution in [0.3, 0.4) is 0 Å². The molecule has 0 saturated carbocycles. The first-order valence-electron chi connectivity index (χ1n) is 7.58. The van der Waals surface area contributed by atoms with Crippen molar-refractivity contribution in [1.29, 1.82) is 0 Å². The number of carbonyl (C=O) groups is 1. The van der Waals surface area contributed by atoms with Gasteiger partial charge < -0.3 is 9.15 Å². The highest BCUT2D eigenvalue weighted by Gasteiger charge is 2.12. The number of nitrogens with one attached hydrogen (secondary N) is 1. The predicted molar refractivity (Wildman–Crippen MR) is 96.8 cm³/mol. The van der Waals surface area contributed by atoms with Gasteiger partial charge in [0.15, 0.2) is 0 Å². The number of methoxy groups -OCH3 is 1. The van der Waals surface area contributed by atoms with Gasteiger partial charge in [0.2, 0.25) is 11.8 Å². The van der Waals surface area contributed by atoms with Crippen LogP contribution in [0, 0.1) is 0 Å². The molecule has 0 fully saturated rings. The van der Waals surface area contributed by atoms with Gasteiger partial charge in [0.25, 0.3) is 0 Å². The molecule has 25 heavy (non-hydrogen) atoms. The quantitative estimate of drug-likeness (QED) is 0.680. The lowest BCUT2D eigenvalue weighted by Gasteiger charge is -2.03. The van der Waals surface area contributed by atoms with E-state index in [1.165, 1.54) is 0 Å². The molecule has 0 aliphatic carbocycles. The molecule has 0 bridgehead atoms. The molecule has 0 saturated heterocycles. The Morgan fingerprint density at radius 1 is 1.12 bits per heavy atom. The zero-order valence-corrected chi connectivity index (χ0v) is 14.7. The summed E-state index contributed by atoms with van der Waals surface area (Å²) in [6.07, 6.45) is 2.22. The number of carbonyl (C=O) groups excluding carboxylic acids is 1. The summed E-state index contributed by atoms with van der Waals surface area (Å²) in [7, 11) is 1.60. The Labute approximate surface area is 149 Å². The number of benzene rings is 2. The van der Waals surface area contributed by atoms with Crippen LogP contribution in [0.15, 0.2) is 57.8 Å². The highest BCUT2D eigenvalue weighted by Crippen LogP contribution is 2.23. The third kappa shape index (κ3) is 4.39. The number of anilines is 1. The SMILES string of the molecule is COc1ccc(CC(=O)Nc2nnc(-c3ccc(SC)cc3)o2)cc1. The topological polar surface area (TPSA) is 77.2 Å². The van der Waals surface area contributed by atoms with Gasteiger partial charge in [-0.2, -0.15) is 0 Å². The minimum Gasteiger partial charge on any atom is -0.497 e. The molecule has 0 aliphatic heterocycles. The second-order valence-corrected chi connectivity index (χ2v) is 6.09. The first kappa shape index (κ1) is 17.0. The van der Waals surface area contributed by atoms with Gasteiger partial charge in [-0.1, -0.05) is 17.2 Å². The van der Waals surface area contributed by atoms with Gasteiger partial charge in [0.05, 0.1) is 13.5 Å². The van der Waals surface area contributed by atoms with E-state index in [0.29, 0.717) is 5.89 Å². The Balaban J connectivity index is 1.62. The third-order valence-electron chi connectivity index (χ3n) is 3.53. The average Bonchev–Trinajstić information content (AvgIpc) is 3.10. The van der Waals surface area contributed by atoms with Crippen molar-refractivity contribution >= 4 is 23.7 Å². The first-order valence-corrected chi connectivity index (χ1v) is 8.81. The van der Waals surface area contributed by atoms with Gasteiger partial charge in [-0.25, -0.2) is 0 Å². The van der Waals surface area contributed by atoms with Crippen molar-refractivity contribution in [3.05, 3.63) is 54.1 Å². The lowest BCUT2D eigenvalue weighted by molar-refractivity contribution is -0.115. The molecule has 0 spiro atoms. The number of hydrogen-bond acceptors (Lipinski definition) is 6. The Kier molecular flexibility index (Phi) is 5.35. The van der Waals surface area contributed by atoms with Gasteiger partial charge in [-0.05, 0) is 48.2 Å². The molecule has 1 aromatic heterocycles. The van der Waals surface area contributed by atoms with Crippen molar-refractivity contribution in [2.24, 2.45) is 0 Å². The van der Waals surface area contributed by atoms with Crippen LogP contribution in [0.1, 0.15) is 5.56 Å². The monoisotopic (exact) mass is 355 g/mol. The molecule has 6 nitrogen and oxygen atoms in total. The van der Waals surface area contributed by atoms with Crippen LogP contribution in [0.4, 0.5) is 6.01 Å². The fourth-order valence-electron chi connectivity index (χ4n) is 2.22. The van der Waals surface area contributed by atoms with Crippen LogP contribution in [0.2, 0.25) is 0 Å².